The average Bonchev–Trinajstić information content (AvgIpc) is 3.02. The standard InChI is InChI=1S/C15H11F3N4O2/c1-9-7-10(4-6-19-9)13-21-12(22-24-13)11-3-2-5-20-14(11)23-8-15(16,17)18/h2-7H,8H2,1H3. The summed E-state index contributed by atoms with van der Waals surface area (Å²) in [5.74, 6) is 0.0962. The van der Waals surface area contributed by atoms with Crippen LogP contribution in [0.5, 0.6) is 5.88 Å². The van der Waals surface area contributed by atoms with E-state index in [1.54, 1.807) is 24.4 Å². The van der Waals surface area contributed by atoms with Crippen molar-refractivity contribution in [3.8, 4) is 28.7 Å². The van der Waals surface area contributed by atoms with E-state index in [2.05, 4.69) is 20.1 Å². The number of aromatic nitrogens is 4. The molecule has 124 valence electrons. The number of halogens is 3. The predicted molar refractivity (Wildman–Crippen MR) is 77.0 cm³/mol. The van der Waals surface area contributed by atoms with E-state index in [-0.39, 0.29) is 23.2 Å². The fourth-order valence-corrected chi connectivity index (χ4v) is 1.95. The van der Waals surface area contributed by atoms with Crippen LogP contribution in [0.3, 0.4) is 0 Å². The highest BCUT2D eigenvalue weighted by atomic mass is 19.4. The topological polar surface area (TPSA) is 73.9 Å². The molecule has 3 rings (SSSR count). The summed E-state index contributed by atoms with van der Waals surface area (Å²) in [6.45, 7) is 0.357. The van der Waals surface area contributed by atoms with Crippen molar-refractivity contribution in [1.82, 2.24) is 20.1 Å². The second kappa shape index (κ2) is 6.26. The number of aryl methyl sites for hydroxylation is 1. The lowest BCUT2D eigenvalue weighted by atomic mass is 10.2. The molecule has 3 heterocycles. The van der Waals surface area contributed by atoms with Crippen molar-refractivity contribution in [2.24, 2.45) is 0 Å². The Morgan fingerprint density at radius 2 is 2.00 bits per heavy atom. The van der Waals surface area contributed by atoms with Gasteiger partial charge in [-0.05, 0) is 31.2 Å². The lowest BCUT2D eigenvalue weighted by Gasteiger charge is -2.09. The fourth-order valence-electron chi connectivity index (χ4n) is 1.95. The van der Waals surface area contributed by atoms with E-state index in [4.69, 9.17) is 9.26 Å². The van der Waals surface area contributed by atoms with Crippen molar-refractivity contribution in [3.63, 3.8) is 0 Å². The normalized spacial score (nSPS) is 11.5. The van der Waals surface area contributed by atoms with Crippen LogP contribution >= 0.6 is 0 Å². The van der Waals surface area contributed by atoms with Crippen LogP contribution in [-0.2, 0) is 0 Å². The third kappa shape index (κ3) is 3.67. The molecule has 0 fully saturated rings. The molecule has 0 aromatic carbocycles. The van der Waals surface area contributed by atoms with Crippen LogP contribution in [0.25, 0.3) is 22.8 Å². The molecule has 0 N–H and O–H groups in total. The number of pyridine rings is 2. The summed E-state index contributed by atoms with van der Waals surface area (Å²) in [7, 11) is 0. The molecular weight excluding hydrogens is 325 g/mol. The first-order chi connectivity index (χ1) is 11.4. The van der Waals surface area contributed by atoms with Gasteiger partial charge >= 0.3 is 6.18 Å². The molecule has 0 aliphatic rings. The zero-order chi connectivity index (χ0) is 17.2. The Bertz CT molecular complexity index is 848. The number of nitrogens with zero attached hydrogens (tertiary/aromatic N) is 4. The second-order valence-corrected chi connectivity index (χ2v) is 4.87. The molecule has 6 nitrogen and oxygen atoms in total. The van der Waals surface area contributed by atoms with Gasteiger partial charge < -0.3 is 9.26 Å². The molecule has 0 saturated carbocycles. The van der Waals surface area contributed by atoms with Crippen LogP contribution in [-0.4, -0.2) is 32.9 Å². The van der Waals surface area contributed by atoms with E-state index in [0.29, 0.717) is 5.56 Å². The molecule has 0 bridgehead atoms. The highest BCUT2D eigenvalue weighted by molar-refractivity contribution is 5.63. The molecule has 0 unspecified atom stereocenters. The number of hydrogen-bond acceptors (Lipinski definition) is 6. The maximum absolute atomic E-state index is 12.3. The van der Waals surface area contributed by atoms with Crippen molar-refractivity contribution in [1.29, 1.82) is 0 Å². The van der Waals surface area contributed by atoms with E-state index >= 15 is 0 Å². The molecule has 0 spiro atoms. The molecule has 3 aromatic heterocycles. The molecule has 0 saturated heterocycles. The quantitative estimate of drug-likeness (QED) is 0.726. The lowest BCUT2D eigenvalue weighted by Crippen LogP contribution is -2.20. The van der Waals surface area contributed by atoms with Gasteiger partial charge in [-0.25, -0.2) is 4.98 Å². The van der Waals surface area contributed by atoms with Gasteiger partial charge in [-0.15, -0.1) is 0 Å². The predicted octanol–water partition coefficient (Wildman–Crippen LogP) is 3.44. The van der Waals surface area contributed by atoms with Crippen molar-refractivity contribution >= 4 is 0 Å². The Hall–Kier alpha value is -2.97. The third-order valence-electron chi connectivity index (χ3n) is 2.95. The van der Waals surface area contributed by atoms with Crippen LogP contribution in [0.2, 0.25) is 0 Å². The summed E-state index contributed by atoms with van der Waals surface area (Å²) in [5, 5.41) is 3.79. The van der Waals surface area contributed by atoms with Crippen LogP contribution in [0.4, 0.5) is 13.2 Å². The van der Waals surface area contributed by atoms with Gasteiger partial charge in [0.2, 0.25) is 11.7 Å². The first-order valence-corrected chi connectivity index (χ1v) is 6.84. The Labute approximate surface area is 134 Å². The largest absolute Gasteiger partial charge is 0.467 e. The Balaban J connectivity index is 1.90. The molecule has 0 radical (unpaired) electrons. The minimum atomic E-state index is -4.47. The van der Waals surface area contributed by atoms with Gasteiger partial charge in [-0.2, -0.15) is 18.2 Å². The second-order valence-electron chi connectivity index (χ2n) is 4.87. The van der Waals surface area contributed by atoms with Gasteiger partial charge in [0.05, 0.1) is 5.56 Å². The molecular formula is C15H11F3N4O2. The average molecular weight is 336 g/mol. The summed E-state index contributed by atoms with van der Waals surface area (Å²) in [5.41, 5.74) is 1.63. The van der Waals surface area contributed by atoms with Crippen LogP contribution in [0.15, 0.2) is 41.2 Å². The van der Waals surface area contributed by atoms with Gasteiger partial charge in [0, 0.05) is 23.7 Å². The van der Waals surface area contributed by atoms with E-state index in [9.17, 15) is 13.2 Å². The van der Waals surface area contributed by atoms with Crippen LogP contribution in [0, 0.1) is 6.92 Å². The molecule has 24 heavy (non-hydrogen) atoms. The van der Waals surface area contributed by atoms with E-state index < -0.39 is 12.8 Å². The monoisotopic (exact) mass is 336 g/mol. The molecule has 0 aliphatic heterocycles. The van der Waals surface area contributed by atoms with Gasteiger partial charge in [-0.1, -0.05) is 5.16 Å². The fraction of sp³-hybridized carbons (Fsp3) is 0.200. The summed E-state index contributed by atoms with van der Waals surface area (Å²) in [6, 6.07) is 6.49. The van der Waals surface area contributed by atoms with Gasteiger partial charge in [0.25, 0.3) is 5.89 Å². The van der Waals surface area contributed by atoms with Crippen molar-refractivity contribution < 1.29 is 22.4 Å². The van der Waals surface area contributed by atoms with Gasteiger partial charge in [0.15, 0.2) is 6.61 Å². The van der Waals surface area contributed by atoms with E-state index in [1.807, 2.05) is 6.92 Å². The number of rotatable bonds is 4. The van der Waals surface area contributed by atoms with E-state index in [1.165, 1.54) is 12.3 Å². The van der Waals surface area contributed by atoms with Crippen molar-refractivity contribution in [2.45, 2.75) is 13.1 Å². The van der Waals surface area contributed by atoms with E-state index in [0.717, 1.165) is 5.69 Å². The molecule has 0 amide bonds. The summed E-state index contributed by atoms with van der Waals surface area (Å²) < 4.78 is 46.9. The van der Waals surface area contributed by atoms with Gasteiger partial charge in [-0.3, -0.25) is 4.98 Å². The SMILES string of the molecule is Cc1cc(-c2nc(-c3cccnc3OCC(F)(F)F)no2)ccn1. The maximum atomic E-state index is 12.3. The Morgan fingerprint density at radius 1 is 1.17 bits per heavy atom. The first-order valence-electron chi connectivity index (χ1n) is 6.84. The minimum absolute atomic E-state index is 0.0877. The van der Waals surface area contributed by atoms with Gasteiger partial charge in [0.1, 0.15) is 0 Å². The number of ether oxygens (including phenoxy) is 1. The van der Waals surface area contributed by atoms with Crippen molar-refractivity contribution in [2.75, 3.05) is 6.61 Å². The summed E-state index contributed by atoms with van der Waals surface area (Å²) in [6.07, 6.45) is -1.55. The van der Waals surface area contributed by atoms with Crippen molar-refractivity contribution in [3.05, 3.63) is 42.4 Å². The Kier molecular flexibility index (Phi) is 4.15. The smallest absolute Gasteiger partial charge is 0.422 e. The zero-order valence-electron chi connectivity index (χ0n) is 12.4. The molecule has 9 heteroatoms. The molecule has 0 aliphatic carbocycles. The zero-order valence-corrected chi connectivity index (χ0v) is 12.4. The number of hydrogen-bond donors (Lipinski definition) is 0. The lowest BCUT2D eigenvalue weighted by molar-refractivity contribution is -0.154. The first kappa shape index (κ1) is 15.9. The minimum Gasteiger partial charge on any atom is -0.467 e. The number of alkyl halides is 3. The summed E-state index contributed by atoms with van der Waals surface area (Å²) >= 11 is 0. The summed E-state index contributed by atoms with van der Waals surface area (Å²) in [4.78, 5) is 12.1. The maximum Gasteiger partial charge on any atom is 0.422 e. The van der Waals surface area contributed by atoms with Crippen LogP contribution < -0.4 is 4.74 Å². The molecule has 0 atom stereocenters. The molecule has 3 aromatic rings. The highest BCUT2D eigenvalue weighted by Crippen LogP contribution is 2.29. The van der Waals surface area contributed by atoms with Crippen LogP contribution in [0.1, 0.15) is 5.69 Å². The Morgan fingerprint density at radius 3 is 2.75 bits per heavy atom. The highest BCUT2D eigenvalue weighted by Gasteiger charge is 2.29. The third-order valence-corrected chi connectivity index (χ3v) is 2.95.